The molecule has 0 atom stereocenters. The molecule has 4 aromatic carbocycles. The molecular formula is C23H17BrO. The van der Waals surface area contributed by atoms with Crippen molar-refractivity contribution in [2.75, 3.05) is 7.11 Å². The summed E-state index contributed by atoms with van der Waals surface area (Å²) in [7, 11) is 1.72. The van der Waals surface area contributed by atoms with Gasteiger partial charge >= 0.3 is 0 Å². The van der Waals surface area contributed by atoms with E-state index in [2.05, 4.69) is 82.7 Å². The zero-order valence-electron chi connectivity index (χ0n) is 13.9. The quantitative estimate of drug-likeness (QED) is 0.369. The Bertz CT molecular complexity index is 1050. The van der Waals surface area contributed by atoms with Crippen LogP contribution in [0.3, 0.4) is 0 Å². The topological polar surface area (TPSA) is 9.23 Å². The molecule has 122 valence electrons. The highest BCUT2D eigenvalue weighted by molar-refractivity contribution is 9.10. The molecule has 0 saturated heterocycles. The van der Waals surface area contributed by atoms with Gasteiger partial charge in [-0.15, -0.1) is 0 Å². The minimum atomic E-state index is 0.884. The largest absolute Gasteiger partial charge is 0.496 e. The van der Waals surface area contributed by atoms with Crippen LogP contribution in [0.5, 0.6) is 5.75 Å². The van der Waals surface area contributed by atoms with Gasteiger partial charge in [0.1, 0.15) is 5.75 Å². The average molecular weight is 389 g/mol. The maximum atomic E-state index is 5.59. The smallest absolute Gasteiger partial charge is 0.126 e. The lowest BCUT2D eigenvalue weighted by Gasteiger charge is -2.15. The summed E-state index contributed by atoms with van der Waals surface area (Å²) in [5.41, 5.74) is 4.68. The molecule has 1 nitrogen and oxygen atoms in total. The van der Waals surface area contributed by atoms with Gasteiger partial charge in [0, 0.05) is 15.4 Å². The molecular weight excluding hydrogens is 372 g/mol. The van der Waals surface area contributed by atoms with E-state index in [9.17, 15) is 0 Å². The molecule has 0 amide bonds. The Labute approximate surface area is 156 Å². The standard InChI is InChI=1S/C23H17BrO/c1-25-22-15-5-4-12-19(22)17-10-2-3-11-18(17)20-13-6-8-16-9-7-14-21(24)23(16)20/h2-15H,1H3. The number of ether oxygens (including phenoxy) is 1. The zero-order valence-corrected chi connectivity index (χ0v) is 15.5. The molecule has 0 heterocycles. The van der Waals surface area contributed by atoms with Crippen molar-refractivity contribution in [3.8, 4) is 28.0 Å². The summed E-state index contributed by atoms with van der Waals surface area (Å²) < 4.78 is 6.70. The Morgan fingerprint density at radius 1 is 0.600 bits per heavy atom. The molecule has 0 aliphatic heterocycles. The fourth-order valence-electron chi connectivity index (χ4n) is 3.34. The SMILES string of the molecule is COc1ccccc1-c1ccccc1-c1cccc2cccc(Br)c12. The lowest BCUT2D eigenvalue weighted by Crippen LogP contribution is -1.91. The van der Waals surface area contributed by atoms with Crippen LogP contribution < -0.4 is 4.74 Å². The van der Waals surface area contributed by atoms with Gasteiger partial charge < -0.3 is 4.74 Å². The third-order valence-electron chi connectivity index (χ3n) is 4.47. The molecule has 0 radical (unpaired) electrons. The first kappa shape index (κ1) is 15.9. The van der Waals surface area contributed by atoms with Crippen LogP contribution in [-0.4, -0.2) is 7.11 Å². The van der Waals surface area contributed by atoms with Crippen molar-refractivity contribution in [1.82, 2.24) is 0 Å². The van der Waals surface area contributed by atoms with Crippen molar-refractivity contribution in [2.24, 2.45) is 0 Å². The summed E-state index contributed by atoms with van der Waals surface area (Å²) in [5.74, 6) is 0.884. The Balaban J connectivity index is 2.04. The van der Waals surface area contributed by atoms with Gasteiger partial charge in [-0.3, -0.25) is 0 Å². The van der Waals surface area contributed by atoms with E-state index in [0.717, 1.165) is 15.8 Å². The summed E-state index contributed by atoms with van der Waals surface area (Å²) >= 11 is 3.73. The highest BCUT2D eigenvalue weighted by Crippen LogP contribution is 2.41. The van der Waals surface area contributed by atoms with Crippen molar-refractivity contribution in [1.29, 1.82) is 0 Å². The van der Waals surface area contributed by atoms with Crippen molar-refractivity contribution in [3.63, 3.8) is 0 Å². The normalized spacial score (nSPS) is 10.8. The van der Waals surface area contributed by atoms with E-state index in [0.29, 0.717) is 0 Å². The van der Waals surface area contributed by atoms with E-state index in [1.807, 2.05) is 18.2 Å². The van der Waals surface area contributed by atoms with Crippen molar-refractivity contribution >= 4 is 26.7 Å². The van der Waals surface area contributed by atoms with Crippen LogP contribution in [0.2, 0.25) is 0 Å². The van der Waals surface area contributed by atoms with Crippen molar-refractivity contribution < 1.29 is 4.74 Å². The Morgan fingerprint density at radius 2 is 1.16 bits per heavy atom. The van der Waals surface area contributed by atoms with Gasteiger partial charge in [0.2, 0.25) is 0 Å². The number of rotatable bonds is 3. The van der Waals surface area contributed by atoms with E-state index in [1.165, 1.54) is 27.5 Å². The second kappa shape index (κ2) is 6.73. The highest BCUT2D eigenvalue weighted by Gasteiger charge is 2.14. The van der Waals surface area contributed by atoms with E-state index < -0.39 is 0 Å². The molecule has 4 rings (SSSR count). The molecule has 0 bridgehead atoms. The van der Waals surface area contributed by atoms with Crippen molar-refractivity contribution in [2.45, 2.75) is 0 Å². The van der Waals surface area contributed by atoms with Crippen molar-refractivity contribution in [3.05, 3.63) is 89.4 Å². The number of fused-ring (bicyclic) bond motifs is 1. The number of methoxy groups -OCH3 is 1. The molecule has 0 fully saturated rings. The maximum absolute atomic E-state index is 5.59. The molecule has 0 aromatic heterocycles. The van der Waals surface area contributed by atoms with Gasteiger partial charge in [-0.05, 0) is 34.2 Å². The Kier molecular flexibility index (Phi) is 4.29. The number of hydrogen-bond acceptors (Lipinski definition) is 1. The van der Waals surface area contributed by atoms with E-state index in [4.69, 9.17) is 4.74 Å². The second-order valence-corrected chi connectivity index (χ2v) is 6.74. The Morgan fingerprint density at radius 3 is 1.88 bits per heavy atom. The zero-order chi connectivity index (χ0) is 17.2. The van der Waals surface area contributed by atoms with Crippen LogP contribution in [0.1, 0.15) is 0 Å². The van der Waals surface area contributed by atoms with Crippen LogP contribution in [0, 0.1) is 0 Å². The van der Waals surface area contributed by atoms with Crippen LogP contribution >= 0.6 is 15.9 Å². The predicted octanol–water partition coefficient (Wildman–Crippen LogP) is 6.94. The van der Waals surface area contributed by atoms with Crippen LogP contribution in [0.25, 0.3) is 33.0 Å². The summed E-state index contributed by atoms with van der Waals surface area (Å²) in [6, 6.07) is 29.4. The first-order chi connectivity index (χ1) is 12.3. The van der Waals surface area contributed by atoms with Gasteiger partial charge in [0.05, 0.1) is 7.11 Å². The number of hydrogen-bond donors (Lipinski definition) is 0. The van der Waals surface area contributed by atoms with E-state index in [-0.39, 0.29) is 0 Å². The van der Waals surface area contributed by atoms with Gasteiger partial charge in [-0.2, -0.15) is 0 Å². The predicted molar refractivity (Wildman–Crippen MR) is 109 cm³/mol. The molecule has 25 heavy (non-hydrogen) atoms. The van der Waals surface area contributed by atoms with Gasteiger partial charge in [0.25, 0.3) is 0 Å². The minimum absolute atomic E-state index is 0.884. The molecule has 0 unspecified atom stereocenters. The van der Waals surface area contributed by atoms with Gasteiger partial charge in [0.15, 0.2) is 0 Å². The molecule has 0 N–H and O–H groups in total. The Hall–Kier alpha value is -2.58. The summed E-state index contributed by atoms with van der Waals surface area (Å²) in [6.07, 6.45) is 0. The van der Waals surface area contributed by atoms with Crippen LogP contribution in [0.4, 0.5) is 0 Å². The molecule has 2 heteroatoms. The molecule has 0 aliphatic carbocycles. The average Bonchev–Trinajstić information content (AvgIpc) is 2.68. The summed E-state index contributed by atoms with van der Waals surface area (Å²) in [4.78, 5) is 0. The maximum Gasteiger partial charge on any atom is 0.126 e. The van der Waals surface area contributed by atoms with Gasteiger partial charge in [-0.1, -0.05) is 88.7 Å². The fourth-order valence-corrected chi connectivity index (χ4v) is 3.93. The molecule has 0 saturated carbocycles. The molecule has 0 aliphatic rings. The number of halogens is 1. The first-order valence-corrected chi connectivity index (χ1v) is 8.99. The number of benzene rings is 4. The van der Waals surface area contributed by atoms with Crippen LogP contribution in [0.15, 0.2) is 89.4 Å². The first-order valence-electron chi connectivity index (χ1n) is 8.19. The third kappa shape index (κ3) is 2.83. The van der Waals surface area contributed by atoms with E-state index in [1.54, 1.807) is 7.11 Å². The number of para-hydroxylation sites is 1. The monoisotopic (exact) mass is 388 g/mol. The summed E-state index contributed by atoms with van der Waals surface area (Å²) in [6.45, 7) is 0. The lowest BCUT2D eigenvalue weighted by molar-refractivity contribution is 0.416. The molecule has 0 spiro atoms. The molecule has 4 aromatic rings. The second-order valence-electron chi connectivity index (χ2n) is 5.89. The fraction of sp³-hybridized carbons (Fsp3) is 0.0435. The van der Waals surface area contributed by atoms with E-state index >= 15 is 0 Å². The minimum Gasteiger partial charge on any atom is -0.496 e. The van der Waals surface area contributed by atoms with Crippen LogP contribution in [-0.2, 0) is 0 Å². The van der Waals surface area contributed by atoms with Gasteiger partial charge in [-0.25, -0.2) is 0 Å². The summed E-state index contributed by atoms with van der Waals surface area (Å²) in [5, 5.41) is 2.45. The highest BCUT2D eigenvalue weighted by atomic mass is 79.9. The third-order valence-corrected chi connectivity index (χ3v) is 5.13. The lowest BCUT2D eigenvalue weighted by atomic mass is 9.91.